The SMILES string of the molecule is C=CCNc1nnc(S[C@H](C)C(=O)N[C@@H]2CCCc3ccccc32)s1. The van der Waals surface area contributed by atoms with Crippen LogP contribution >= 0.6 is 23.1 Å². The van der Waals surface area contributed by atoms with Gasteiger partial charge >= 0.3 is 0 Å². The quantitative estimate of drug-likeness (QED) is 0.570. The fourth-order valence-electron chi connectivity index (χ4n) is 2.89. The number of carbonyl (C=O) groups excluding carboxylic acids is 1. The van der Waals surface area contributed by atoms with Crippen LogP contribution in [0.25, 0.3) is 0 Å². The van der Waals surface area contributed by atoms with Crippen molar-refractivity contribution in [3.8, 4) is 0 Å². The lowest BCUT2D eigenvalue weighted by Gasteiger charge is -2.27. The van der Waals surface area contributed by atoms with Gasteiger partial charge < -0.3 is 10.6 Å². The Morgan fingerprint density at radius 1 is 1.48 bits per heavy atom. The number of benzene rings is 1. The van der Waals surface area contributed by atoms with E-state index < -0.39 is 0 Å². The molecular weight excluding hydrogens is 352 g/mol. The molecule has 1 aromatic heterocycles. The predicted molar refractivity (Wildman–Crippen MR) is 104 cm³/mol. The van der Waals surface area contributed by atoms with Crippen LogP contribution in [0.4, 0.5) is 5.13 Å². The summed E-state index contributed by atoms with van der Waals surface area (Å²) in [5, 5.41) is 15.0. The third-order valence-electron chi connectivity index (χ3n) is 4.14. The first-order valence-electron chi connectivity index (χ1n) is 8.40. The zero-order valence-electron chi connectivity index (χ0n) is 14.2. The number of carbonyl (C=O) groups is 1. The van der Waals surface area contributed by atoms with Crippen LogP contribution in [0.1, 0.15) is 36.9 Å². The maximum Gasteiger partial charge on any atom is 0.233 e. The van der Waals surface area contributed by atoms with Crippen LogP contribution in [0.15, 0.2) is 41.3 Å². The van der Waals surface area contributed by atoms with Gasteiger partial charge in [0, 0.05) is 6.54 Å². The first-order chi connectivity index (χ1) is 12.2. The topological polar surface area (TPSA) is 66.9 Å². The summed E-state index contributed by atoms with van der Waals surface area (Å²) in [6.45, 7) is 6.22. The highest BCUT2D eigenvalue weighted by molar-refractivity contribution is 8.02. The fourth-order valence-corrected chi connectivity index (χ4v) is 4.80. The lowest BCUT2D eigenvalue weighted by molar-refractivity contribution is -0.121. The van der Waals surface area contributed by atoms with E-state index in [1.165, 1.54) is 34.2 Å². The van der Waals surface area contributed by atoms with E-state index in [4.69, 9.17) is 0 Å². The molecule has 7 heteroatoms. The summed E-state index contributed by atoms with van der Waals surface area (Å²) in [6, 6.07) is 8.50. The highest BCUT2D eigenvalue weighted by atomic mass is 32.2. The van der Waals surface area contributed by atoms with E-state index in [2.05, 4.69) is 45.6 Å². The van der Waals surface area contributed by atoms with Crippen LogP contribution in [-0.4, -0.2) is 27.9 Å². The molecule has 0 spiro atoms. The number of nitrogens with zero attached hydrogens (tertiary/aromatic N) is 2. The van der Waals surface area contributed by atoms with E-state index in [0.29, 0.717) is 6.54 Å². The molecule has 1 heterocycles. The van der Waals surface area contributed by atoms with Crippen LogP contribution in [0.2, 0.25) is 0 Å². The number of hydrogen-bond donors (Lipinski definition) is 2. The van der Waals surface area contributed by atoms with Crippen molar-refractivity contribution in [2.45, 2.75) is 41.8 Å². The molecule has 2 N–H and O–H groups in total. The smallest absolute Gasteiger partial charge is 0.233 e. The lowest BCUT2D eigenvalue weighted by Crippen LogP contribution is -2.35. The van der Waals surface area contributed by atoms with Gasteiger partial charge in [0.15, 0.2) is 4.34 Å². The second-order valence-corrected chi connectivity index (χ2v) is 8.52. The molecule has 0 unspecified atom stereocenters. The number of hydrogen-bond acceptors (Lipinski definition) is 6. The molecule has 132 valence electrons. The minimum absolute atomic E-state index is 0.0440. The van der Waals surface area contributed by atoms with Crippen molar-refractivity contribution < 1.29 is 4.79 Å². The summed E-state index contributed by atoms with van der Waals surface area (Å²) in [5.41, 5.74) is 2.60. The molecule has 1 amide bonds. The first kappa shape index (κ1) is 17.9. The van der Waals surface area contributed by atoms with Crippen molar-refractivity contribution in [1.82, 2.24) is 15.5 Å². The van der Waals surface area contributed by atoms with Gasteiger partial charge in [0.05, 0.1) is 11.3 Å². The molecular formula is C18H22N4OS2. The van der Waals surface area contributed by atoms with Gasteiger partial charge in [-0.25, -0.2) is 0 Å². The van der Waals surface area contributed by atoms with E-state index >= 15 is 0 Å². The Labute approximate surface area is 156 Å². The number of anilines is 1. The van der Waals surface area contributed by atoms with Gasteiger partial charge in [0.25, 0.3) is 0 Å². The number of aromatic nitrogens is 2. The second kappa shape index (κ2) is 8.49. The molecule has 0 saturated carbocycles. The predicted octanol–water partition coefficient (Wildman–Crippen LogP) is 3.81. The second-order valence-electron chi connectivity index (χ2n) is 5.95. The standard InChI is InChI=1S/C18H22N4OS2/c1-3-11-19-17-21-22-18(25-17)24-12(2)16(23)20-15-10-6-8-13-7-4-5-9-14(13)15/h3-5,7,9,12,15H,1,6,8,10-11H2,2H3,(H,19,21)(H,20,23)/t12-,15-/m1/s1. The van der Waals surface area contributed by atoms with Gasteiger partial charge in [-0.2, -0.15) is 0 Å². The van der Waals surface area contributed by atoms with Crippen LogP contribution in [-0.2, 0) is 11.2 Å². The molecule has 25 heavy (non-hydrogen) atoms. The van der Waals surface area contributed by atoms with Crippen LogP contribution in [0.3, 0.4) is 0 Å². The first-order valence-corrected chi connectivity index (χ1v) is 10.1. The maximum absolute atomic E-state index is 12.6. The third-order valence-corrected chi connectivity index (χ3v) is 6.20. The minimum Gasteiger partial charge on any atom is -0.357 e. The normalized spacial score (nSPS) is 17.4. The molecule has 2 atom stereocenters. The van der Waals surface area contributed by atoms with Crippen LogP contribution in [0.5, 0.6) is 0 Å². The molecule has 1 aromatic carbocycles. The summed E-state index contributed by atoms with van der Waals surface area (Å²) in [4.78, 5) is 12.6. The van der Waals surface area contributed by atoms with Gasteiger partial charge in [-0.15, -0.1) is 16.8 Å². The molecule has 0 radical (unpaired) electrons. The monoisotopic (exact) mass is 374 g/mol. The van der Waals surface area contributed by atoms with E-state index in [9.17, 15) is 4.79 Å². The molecule has 2 aromatic rings. The Balaban J connectivity index is 1.58. The van der Waals surface area contributed by atoms with Crippen molar-refractivity contribution in [1.29, 1.82) is 0 Å². The Morgan fingerprint density at radius 2 is 2.32 bits per heavy atom. The Hall–Kier alpha value is -1.86. The Bertz CT molecular complexity index is 746. The van der Waals surface area contributed by atoms with Gasteiger partial charge in [-0.1, -0.05) is 53.4 Å². The van der Waals surface area contributed by atoms with Crippen LogP contribution in [0, 0.1) is 0 Å². The third kappa shape index (κ3) is 4.61. The largest absolute Gasteiger partial charge is 0.357 e. The van der Waals surface area contributed by atoms with Crippen molar-refractivity contribution in [2.75, 3.05) is 11.9 Å². The van der Waals surface area contributed by atoms with E-state index in [0.717, 1.165) is 28.7 Å². The zero-order valence-corrected chi connectivity index (χ0v) is 15.8. The summed E-state index contributed by atoms with van der Waals surface area (Å²) < 4.78 is 0.790. The van der Waals surface area contributed by atoms with Crippen molar-refractivity contribution in [3.05, 3.63) is 48.0 Å². The Morgan fingerprint density at radius 3 is 3.16 bits per heavy atom. The summed E-state index contributed by atoms with van der Waals surface area (Å²) >= 11 is 2.90. The number of aryl methyl sites for hydroxylation is 1. The zero-order chi connectivity index (χ0) is 17.6. The van der Waals surface area contributed by atoms with Crippen molar-refractivity contribution >= 4 is 34.1 Å². The van der Waals surface area contributed by atoms with Crippen molar-refractivity contribution in [2.24, 2.45) is 0 Å². The van der Waals surface area contributed by atoms with Gasteiger partial charge in [-0.3, -0.25) is 4.79 Å². The summed E-state index contributed by atoms with van der Waals surface area (Å²) in [7, 11) is 0. The molecule has 1 aliphatic rings. The lowest BCUT2D eigenvalue weighted by atomic mass is 9.88. The molecule has 0 aliphatic heterocycles. The van der Waals surface area contributed by atoms with E-state index in [-0.39, 0.29) is 17.2 Å². The highest BCUT2D eigenvalue weighted by Crippen LogP contribution is 2.32. The molecule has 0 saturated heterocycles. The number of rotatable bonds is 7. The van der Waals surface area contributed by atoms with E-state index in [1.807, 2.05) is 13.0 Å². The number of amides is 1. The Kier molecular flexibility index (Phi) is 6.09. The summed E-state index contributed by atoms with van der Waals surface area (Å²) in [5.74, 6) is 0.0440. The minimum atomic E-state index is -0.214. The van der Waals surface area contributed by atoms with E-state index in [1.54, 1.807) is 6.08 Å². The van der Waals surface area contributed by atoms with Gasteiger partial charge in [-0.05, 0) is 37.3 Å². The van der Waals surface area contributed by atoms with Gasteiger partial charge in [0.1, 0.15) is 0 Å². The summed E-state index contributed by atoms with van der Waals surface area (Å²) in [6.07, 6.45) is 4.97. The molecule has 0 bridgehead atoms. The van der Waals surface area contributed by atoms with Crippen molar-refractivity contribution in [3.63, 3.8) is 0 Å². The van der Waals surface area contributed by atoms with Gasteiger partial charge in [0.2, 0.25) is 11.0 Å². The number of fused-ring (bicyclic) bond motifs is 1. The average Bonchev–Trinajstić information content (AvgIpc) is 3.07. The van der Waals surface area contributed by atoms with Crippen LogP contribution < -0.4 is 10.6 Å². The maximum atomic E-state index is 12.6. The average molecular weight is 375 g/mol. The number of thioether (sulfide) groups is 1. The number of nitrogens with one attached hydrogen (secondary N) is 2. The molecule has 0 fully saturated rings. The molecule has 1 aliphatic carbocycles. The molecule has 5 nitrogen and oxygen atoms in total. The fraction of sp³-hybridized carbons (Fsp3) is 0.389. The highest BCUT2D eigenvalue weighted by Gasteiger charge is 2.24. The molecule has 3 rings (SSSR count).